The summed E-state index contributed by atoms with van der Waals surface area (Å²) in [4.78, 5) is 14.8. The van der Waals surface area contributed by atoms with Crippen molar-refractivity contribution >= 4 is 6.09 Å². The van der Waals surface area contributed by atoms with Gasteiger partial charge in [0.25, 0.3) is 0 Å². The molecule has 3 nitrogen and oxygen atoms in total. The van der Waals surface area contributed by atoms with Crippen LogP contribution in [0.2, 0.25) is 0 Å². The van der Waals surface area contributed by atoms with Gasteiger partial charge in [0.2, 0.25) is 0 Å². The van der Waals surface area contributed by atoms with E-state index in [1.54, 1.807) is 0 Å². The Kier molecular flexibility index (Phi) is 5.00. The molecule has 1 saturated heterocycles. The molecule has 120 valence electrons. The average molecular weight is 293 g/mol. The van der Waals surface area contributed by atoms with E-state index < -0.39 is 5.60 Å². The van der Waals surface area contributed by atoms with Gasteiger partial charge in [0.15, 0.2) is 0 Å². The zero-order valence-corrected chi connectivity index (χ0v) is 14.1. The van der Waals surface area contributed by atoms with E-state index in [2.05, 4.69) is 18.4 Å². The summed E-state index contributed by atoms with van der Waals surface area (Å²) in [6.07, 6.45) is 8.66. The van der Waals surface area contributed by atoms with Crippen molar-refractivity contribution in [2.45, 2.75) is 83.9 Å². The van der Waals surface area contributed by atoms with Gasteiger partial charge in [0, 0.05) is 12.1 Å². The molecule has 2 aliphatic rings. The molecule has 2 fully saturated rings. The van der Waals surface area contributed by atoms with Gasteiger partial charge >= 0.3 is 6.09 Å². The smallest absolute Gasteiger partial charge is 0.410 e. The molecule has 0 aromatic rings. The van der Waals surface area contributed by atoms with Crippen molar-refractivity contribution < 1.29 is 9.53 Å². The van der Waals surface area contributed by atoms with Gasteiger partial charge in [-0.15, -0.1) is 6.58 Å². The lowest BCUT2D eigenvalue weighted by atomic mass is 9.70. The van der Waals surface area contributed by atoms with Crippen molar-refractivity contribution in [2.24, 2.45) is 11.8 Å². The van der Waals surface area contributed by atoms with Crippen LogP contribution in [-0.2, 0) is 4.74 Å². The second-order valence-electron chi connectivity index (χ2n) is 7.78. The van der Waals surface area contributed by atoms with Crippen molar-refractivity contribution in [3.63, 3.8) is 0 Å². The summed E-state index contributed by atoms with van der Waals surface area (Å²) in [5, 5.41) is 0. The molecule has 0 aromatic carbocycles. The molecule has 0 spiro atoms. The number of fused-ring (bicyclic) bond motifs is 1. The molecule has 1 aliphatic heterocycles. The van der Waals surface area contributed by atoms with Crippen LogP contribution >= 0.6 is 0 Å². The van der Waals surface area contributed by atoms with Crippen LogP contribution in [-0.4, -0.2) is 28.7 Å². The van der Waals surface area contributed by atoms with Gasteiger partial charge in [-0.1, -0.05) is 25.8 Å². The number of hydrogen-bond acceptors (Lipinski definition) is 2. The Morgan fingerprint density at radius 3 is 2.62 bits per heavy atom. The van der Waals surface area contributed by atoms with Crippen molar-refractivity contribution in [1.29, 1.82) is 0 Å². The van der Waals surface area contributed by atoms with E-state index in [0.29, 0.717) is 12.0 Å². The number of carbonyl (C=O) groups excluding carboxylic acids is 1. The van der Waals surface area contributed by atoms with E-state index in [1.165, 1.54) is 19.3 Å². The van der Waals surface area contributed by atoms with Crippen LogP contribution in [0.15, 0.2) is 12.7 Å². The molecule has 21 heavy (non-hydrogen) atoms. The SMILES string of the molecule is C=CC[C@H]1CC[C@H]2[C@H](C)CCC[C@H]2N1C(=O)OC(C)(C)C. The molecule has 1 amide bonds. The van der Waals surface area contributed by atoms with E-state index in [1.807, 2.05) is 26.8 Å². The quantitative estimate of drug-likeness (QED) is 0.687. The molecule has 0 unspecified atom stereocenters. The average Bonchev–Trinajstić information content (AvgIpc) is 2.36. The second-order valence-corrected chi connectivity index (χ2v) is 7.78. The Morgan fingerprint density at radius 1 is 1.29 bits per heavy atom. The number of ether oxygens (including phenoxy) is 1. The van der Waals surface area contributed by atoms with Crippen LogP contribution < -0.4 is 0 Å². The van der Waals surface area contributed by atoms with Gasteiger partial charge in [-0.3, -0.25) is 0 Å². The van der Waals surface area contributed by atoms with Crippen LogP contribution in [0.1, 0.15) is 66.2 Å². The maximum atomic E-state index is 12.7. The van der Waals surface area contributed by atoms with E-state index in [0.717, 1.165) is 25.2 Å². The standard InChI is InChI=1S/C18H31NO2/c1-6-8-14-11-12-15-13(2)9-7-10-16(15)19(14)17(20)21-18(3,4)5/h6,13-16H,1,7-12H2,2-5H3/t13-,14+,15+,16-/m1/s1. The van der Waals surface area contributed by atoms with Gasteiger partial charge in [0.1, 0.15) is 5.60 Å². The Morgan fingerprint density at radius 2 is 2.00 bits per heavy atom. The van der Waals surface area contributed by atoms with Gasteiger partial charge in [-0.2, -0.15) is 0 Å². The maximum absolute atomic E-state index is 12.7. The van der Waals surface area contributed by atoms with Gasteiger partial charge < -0.3 is 9.64 Å². The Hall–Kier alpha value is -0.990. The normalized spacial score (nSPS) is 33.2. The third kappa shape index (κ3) is 3.81. The van der Waals surface area contributed by atoms with Crippen molar-refractivity contribution in [3.8, 4) is 0 Å². The molecule has 1 aliphatic carbocycles. The lowest BCUT2D eigenvalue weighted by Gasteiger charge is -2.50. The molecule has 0 radical (unpaired) electrons. The minimum atomic E-state index is -0.428. The number of likely N-dealkylation sites (tertiary alicyclic amines) is 1. The first-order chi connectivity index (χ1) is 9.83. The van der Waals surface area contributed by atoms with E-state index in [9.17, 15) is 4.79 Å². The number of amides is 1. The molecule has 2 rings (SSSR count). The molecule has 1 saturated carbocycles. The predicted molar refractivity (Wildman–Crippen MR) is 86.2 cm³/mol. The first-order valence-electron chi connectivity index (χ1n) is 8.45. The van der Waals surface area contributed by atoms with Crippen molar-refractivity contribution in [2.75, 3.05) is 0 Å². The summed E-state index contributed by atoms with van der Waals surface area (Å²) in [5.41, 5.74) is -0.428. The maximum Gasteiger partial charge on any atom is 0.410 e. The Balaban J connectivity index is 2.20. The summed E-state index contributed by atoms with van der Waals surface area (Å²) in [5.74, 6) is 1.37. The number of hydrogen-bond donors (Lipinski definition) is 0. The molecular formula is C18H31NO2. The van der Waals surface area contributed by atoms with Gasteiger partial charge in [-0.05, 0) is 58.3 Å². The molecule has 1 heterocycles. The molecule has 0 bridgehead atoms. The zero-order valence-electron chi connectivity index (χ0n) is 14.1. The Bertz CT molecular complexity index is 385. The molecule has 4 atom stereocenters. The van der Waals surface area contributed by atoms with E-state index >= 15 is 0 Å². The third-order valence-electron chi connectivity index (χ3n) is 5.01. The van der Waals surface area contributed by atoms with Crippen LogP contribution in [0.4, 0.5) is 4.79 Å². The molecule has 0 N–H and O–H groups in total. The predicted octanol–water partition coefficient (Wildman–Crippen LogP) is 4.77. The van der Waals surface area contributed by atoms with E-state index in [-0.39, 0.29) is 12.1 Å². The van der Waals surface area contributed by atoms with Crippen LogP contribution in [0.5, 0.6) is 0 Å². The minimum absolute atomic E-state index is 0.127. The summed E-state index contributed by atoms with van der Waals surface area (Å²) in [6.45, 7) is 12.0. The van der Waals surface area contributed by atoms with E-state index in [4.69, 9.17) is 4.74 Å². The summed E-state index contributed by atoms with van der Waals surface area (Å²) in [7, 11) is 0. The molecular weight excluding hydrogens is 262 g/mol. The van der Waals surface area contributed by atoms with Crippen molar-refractivity contribution in [1.82, 2.24) is 4.90 Å². The fourth-order valence-electron chi connectivity index (χ4n) is 4.10. The number of piperidine rings is 1. The summed E-state index contributed by atoms with van der Waals surface area (Å²) < 4.78 is 5.69. The largest absolute Gasteiger partial charge is 0.444 e. The number of rotatable bonds is 2. The van der Waals surface area contributed by atoms with Crippen molar-refractivity contribution in [3.05, 3.63) is 12.7 Å². The highest BCUT2D eigenvalue weighted by Crippen LogP contribution is 2.42. The first kappa shape index (κ1) is 16.4. The monoisotopic (exact) mass is 293 g/mol. The molecule has 3 heteroatoms. The number of carbonyl (C=O) groups is 1. The summed E-state index contributed by atoms with van der Waals surface area (Å²) >= 11 is 0. The molecule has 0 aromatic heterocycles. The topological polar surface area (TPSA) is 29.5 Å². The number of nitrogens with zero attached hydrogens (tertiary/aromatic N) is 1. The van der Waals surface area contributed by atoms with Crippen LogP contribution in [0.3, 0.4) is 0 Å². The fraction of sp³-hybridized carbons (Fsp3) is 0.833. The lowest BCUT2D eigenvalue weighted by molar-refractivity contribution is -0.0363. The first-order valence-corrected chi connectivity index (χ1v) is 8.45. The third-order valence-corrected chi connectivity index (χ3v) is 5.01. The van der Waals surface area contributed by atoms with Gasteiger partial charge in [-0.25, -0.2) is 4.79 Å². The summed E-state index contributed by atoms with van der Waals surface area (Å²) in [6, 6.07) is 0.631. The minimum Gasteiger partial charge on any atom is -0.444 e. The Labute approximate surface area is 129 Å². The zero-order chi connectivity index (χ0) is 15.6. The fourth-order valence-corrected chi connectivity index (χ4v) is 4.10. The van der Waals surface area contributed by atoms with Crippen LogP contribution in [0.25, 0.3) is 0 Å². The highest BCUT2D eigenvalue weighted by atomic mass is 16.6. The van der Waals surface area contributed by atoms with Crippen LogP contribution in [0, 0.1) is 11.8 Å². The highest BCUT2D eigenvalue weighted by Gasteiger charge is 2.44. The second kappa shape index (κ2) is 6.41. The van der Waals surface area contributed by atoms with Gasteiger partial charge in [0.05, 0.1) is 0 Å². The lowest BCUT2D eigenvalue weighted by Crippen LogP contribution is -2.57. The highest BCUT2D eigenvalue weighted by molar-refractivity contribution is 5.69.